The van der Waals surface area contributed by atoms with Crippen LogP contribution in [0.25, 0.3) is 22.5 Å². The largest absolute Gasteiger partial charge is 0.384 e. The standard InChI is InChI=1S/C23H18ClF2N9O/c24-14-3-5-16(34-10-29-32-33-34)20(21(14)25)11-7-12-1-4-17(35(12)19(36)8-11)23-28-9-15(30-23)13-2-6-18(27)31-22(13)26/h2-3,5-6,8-10,12,17H,1,4,7H2,(H2,27,31)(H,28,30)/t12-,17+/m1/s1/i2D,9D. The smallest absolute Gasteiger partial charge is 0.247 e. The number of H-pyrrole nitrogens is 1. The van der Waals surface area contributed by atoms with Gasteiger partial charge in [0.2, 0.25) is 11.9 Å². The first-order valence-corrected chi connectivity index (χ1v) is 11.3. The van der Waals surface area contributed by atoms with Crippen molar-refractivity contribution in [3.05, 3.63) is 71.0 Å². The Kier molecular flexibility index (Phi) is 4.72. The van der Waals surface area contributed by atoms with Crippen LogP contribution in [0.15, 0.2) is 42.8 Å². The minimum atomic E-state index is -0.994. The van der Waals surface area contributed by atoms with Crippen molar-refractivity contribution < 1.29 is 16.3 Å². The summed E-state index contributed by atoms with van der Waals surface area (Å²) in [5, 5.41) is 11.0. The van der Waals surface area contributed by atoms with E-state index >= 15 is 4.39 Å². The number of pyridine rings is 1. The molecule has 0 radical (unpaired) electrons. The van der Waals surface area contributed by atoms with Crippen molar-refractivity contribution in [2.75, 3.05) is 5.73 Å². The molecule has 0 bridgehead atoms. The second-order valence-corrected chi connectivity index (χ2v) is 8.88. The number of aromatic amines is 1. The van der Waals surface area contributed by atoms with Crippen LogP contribution in [0.3, 0.4) is 0 Å². The summed E-state index contributed by atoms with van der Waals surface area (Å²) in [6.07, 6.45) is 3.83. The van der Waals surface area contributed by atoms with E-state index in [1.807, 2.05) is 0 Å². The summed E-state index contributed by atoms with van der Waals surface area (Å²) in [6.45, 7) is 0. The van der Waals surface area contributed by atoms with Crippen molar-refractivity contribution in [2.45, 2.75) is 31.3 Å². The summed E-state index contributed by atoms with van der Waals surface area (Å²) in [5.74, 6) is -1.90. The van der Waals surface area contributed by atoms with E-state index in [1.54, 1.807) is 11.0 Å². The van der Waals surface area contributed by atoms with Crippen LogP contribution in [-0.2, 0) is 4.79 Å². The average Bonchev–Trinajstić information content (AvgIpc) is 3.61. The van der Waals surface area contributed by atoms with Crippen LogP contribution in [0.4, 0.5) is 14.6 Å². The number of benzene rings is 1. The molecule has 1 fully saturated rings. The average molecular weight is 512 g/mol. The molecule has 4 aromatic rings. The normalized spacial score (nSPS) is 20.2. The quantitative estimate of drug-likeness (QED) is 0.401. The molecule has 36 heavy (non-hydrogen) atoms. The predicted molar refractivity (Wildman–Crippen MR) is 126 cm³/mol. The molecule has 3 aromatic heterocycles. The summed E-state index contributed by atoms with van der Waals surface area (Å²) in [7, 11) is 0. The summed E-state index contributed by atoms with van der Waals surface area (Å²) in [4.78, 5) is 25.7. The van der Waals surface area contributed by atoms with Gasteiger partial charge in [-0.25, -0.2) is 14.4 Å². The molecule has 6 rings (SSSR count). The molecule has 182 valence electrons. The van der Waals surface area contributed by atoms with Gasteiger partial charge in [-0.15, -0.1) is 5.10 Å². The highest BCUT2D eigenvalue weighted by Crippen LogP contribution is 2.44. The number of fused-ring (bicyclic) bond motifs is 1. The van der Waals surface area contributed by atoms with Gasteiger partial charge in [-0.1, -0.05) is 11.6 Å². The molecule has 0 saturated carbocycles. The van der Waals surface area contributed by atoms with Gasteiger partial charge >= 0.3 is 0 Å². The Labute approximate surface area is 210 Å². The molecule has 5 heterocycles. The van der Waals surface area contributed by atoms with E-state index < -0.39 is 17.8 Å². The zero-order chi connectivity index (χ0) is 26.7. The molecule has 3 N–H and O–H groups in total. The fraction of sp³-hybridized carbons (Fsp3) is 0.217. The van der Waals surface area contributed by atoms with Gasteiger partial charge in [0.05, 0.1) is 36.9 Å². The number of imidazole rings is 1. The number of nitrogen functional groups attached to an aromatic ring is 1. The van der Waals surface area contributed by atoms with E-state index in [0.29, 0.717) is 30.5 Å². The summed E-state index contributed by atoms with van der Waals surface area (Å²) in [6, 6.07) is 3.12. The Morgan fingerprint density at radius 3 is 2.89 bits per heavy atom. The number of hydrogen-bond donors (Lipinski definition) is 2. The van der Waals surface area contributed by atoms with E-state index in [0.717, 1.165) is 0 Å². The SMILES string of the molecule is [2H]c1cc(N)nc(F)c1-c1[nH]c([C@@H]2CC[C@@H]3CC(c4c(-n5cnnn5)ccc(Cl)c4F)=CC(=O)N32)nc1[2H]. The highest BCUT2D eigenvalue weighted by molar-refractivity contribution is 6.31. The number of amides is 1. The van der Waals surface area contributed by atoms with E-state index in [2.05, 4.69) is 30.5 Å². The molecule has 0 spiro atoms. The molecule has 1 saturated heterocycles. The second kappa shape index (κ2) is 8.48. The maximum absolute atomic E-state index is 15.3. The lowest BCUT2D eigenvalue weighted by molar-refractivity contribution is -0.129. The predicted octanol–water partition coefficient (Wildman–Crippen LogP) is 3.48. The van der Waals surface area contributed by atoms with Crippen LogP contribution < -0.4 is 5.73 Å². The fourth-order valence-corrected chi connectivity index (χ4v) is 5.02. The van der Waals surface area contributed by atoms with Gasteiger partial charge in [-0.3, -0.25) is 4.79 Å². The third kappa shape index (κ3) is 3.61. The number of rotatable bonds is 4. The van der Waals surface area contributed by atoms with Gasteiger partial charge in [-0.2, -0.15) is 9.07 Å². The number of anilines is 1. The molecular formula is C23H18ClF2N9O. The molecule has 1 aromatic carbocycles. The third-order valence-electron chi connectivity index (χ3n) is 6.40. The highest BCUT2D eigenvalue weighted by atomic mass is 35.5. The first-order valence-electron chi connectivity index (χ1n) is 12.0. The minimum absolute atomic E-state index is 0.0220. The van der Waals surface area contributed by atoms with Crippen molar-refractivity contribution >= 4 is 28.9 Å². The lowest BCUT2D eigenvalue weighted by Gasteiger charge is -2.33. The fourth-order valence-electron chi connectivity index (χ4n) is 4.86. The van der Waals surface area contributed by atoms with Crippen LogP contribution in [0, 0.1) is 11.8 Å². The topological polar surface area (TPSA) is 132 Å². The van der Waals surface area contributed by atoms with E-state index in [4.69, 9.17) is 20.1 Å². The van der Waals surface area contributed by atoms with Crippen molar-refractivity contribution in [1.82, 2.24) is 40.1 Å². The van der Waals surface area contributed by atoms with Gasteiger partial charge in [0.1, 0.15) is 18.0 Å². The Balaban J connectivity index is 1.36. The van der Waals surface area contributed by atoms with Gasteiger partial charge in [0.15, 0.2) is 5.82 Å². The molecule has 2 aliphatic rings. The van der Waals surface area contributed by atoms with Crippen LogP contribution in [0.1, 0.15) is 39.4 Å². The number of nitrogens with two attached hydrogens (primary N) is 1. The lowest BCUT2D eigenvalue weighted by Crippen LogP contribution is -2.39. The molecule has 2 atom stereocenters. The first-order chi connectivity index (χ1) is 18.2. The Morgan fingerprint density at radius 1 is 1.25 bits per heavy atom. The van der Waals surface area contributed by atoms with Crippen molar-refractivity contribution in [1.29, 1.82) is 0 Å². The number of carbonyl (C=O) groups is 1. The van der Waals surface area contributed by atoms with Crippen molar-refractivity contribution in [2.24, 2.45) is 0 Å². The number of halogens is 3. The highest BCUT2D eigenvalue weighted by Gasteiger charge is 2.42. The number of tetrazole rings is 1. The van der Waals surface area contributed by atoms with Crippen LogP contribution in [0.2, 0.25) is 5.02 Å². The second-order valence-electron chi connectivity index (χ2n) is 8.48. The van der Waals surface area contributed by atoms with Gasteiger partial charge in [0, 0.05) is 17.7 Å². The maximum atomic E-state index is 15.3. The first kappa shape index (κ1) is 20.0. The molecular weight excluding hydrogens is 492 g/mol. The van der Waals surface area contributed by atoms with E-state index in [9.17, 15) is 9.18 Å². The van der Waals surface area contributed by atoms with Gasteiger partial charge in [0.25, 0.3) is 0 Å². The van der Waals surface area contributed by atoms with Crippen LogP contribution >= 0.6 is 11.6 Å². The number of carbonyl (C=O) groups excluding carboxylic acids is 1. The third-order valence-corrected chi connectivity index (χ3v) is 6.70. The minimum Gasteiger partial charge on any atom is -0.384 e. The number of nitrogens with zero attached hydrogens (tertiary/aromatic N) is 7. The van der Waals surface area contributed by atoms with Gasteiger partial charge < -0.3 is 15.6 Å². The maximum Gasteiger partial charge on any atom is 0.247 e. The number of hydrogen-bond acceptors (Lipinski definition) is 7. The molecule has 2 aliphatic heterocycles. The number of nitrogens with one attached hydrogen (secondary N) is 1. The monoisotopic (exact) mass is 511 g/mol. The molecule has 10 nitrogen and oxygen atoms in total. The summed E-state index contributed by atoms with van der Waals surface area (Å²) >= 11 is 6.08. The lowest BCUT2D eigenvalue weighted by atomic mass is 9.92. The van der Waals surface area contributed by atoms with E-state index in [1.165, 1.54) is 29.2 Å². The molecule has 1 amide bonds. The Hall–Kier alpha value is -4.19. The van der Waals surface area contributed by atoms with Crippen molar-refractivity contribution in [3.8, 4) is 16.9 Å². The molecule has 13 heteroatoms. The van der Waals surface area contributed by atoms with Gasteiger partial charge in [-0.05, 0) is 59.5 Å². The Morgan fingerprint density at radius 2 is 2.11 bits per heavy atom. The Bertz CT molecular complexity index is 1600. The van der Waals surface area contributed by atoms with Crippen LogP contribution in [0.5, 0.6) is 0 Å². The zero-order valence-corrected chi connectivity index (χ0v) is 19.2. The van der Waals surface area contributed by atoms with Crippen molar-refractivity contribution in [3.63, 3.8) is 0 Å². The summed E-state index contributed by atoms with van der Waals surface area (Å²) in [5.41, 5.74) is 6.21. The zero-order valence-electron chi connectivity index (χ0n) is 20.4. The van der Waals surface area contributed by atoms with E-state index in [-0.39, 0.29) is 57.7 Å². The summed E-state index contributed by atoms with van der Waals surface area (Å²) < 4.78 is 47.4. The molecule has 0 aliphatic carbocycles. The van der Waals surface area contributed by atoms with Crippen LogP contribution in [-0.4, -0.2) is 52.0 Å². The number of aromatic nitrogens is 7. The molecule has 0 unspecified atom stereocenters.